The Morgan fingerprint density at radius 3 is 2.56 bits per heavy atom. The standard InChI is InChI=1S/C11H9ClN2O4/c1-14-8(4-7(13-14)11(17)18)5-2-3-6(12)10(16)9(5)15/h2-4,15-16H,1H3,(H,17,18). The van der Waals surface area contributed by atoms with E-state index in [1.54, 1.807) is 0 Å². The molecule has 0 aliphatic heterocycles. The molecule has 0 fully saturated rings. The van der Waals surface area contributed by atoms with Gasteiger partial charge in [0.1, 0.15) is 0 Å². The number of carboxylic acids is 1. The van der Waals surface area contributed by atoms with E-state index in [0.29, 0.717) is 5.69 Å². The van der Waals surface area contributed by atoms with Crippen molar-refractivity contribution < 1.29 is 20.1 Å². The van der Waals surface area contributed by atoms with Gasteiger partial charge in [0.25, 0.3) is 0 Å². The van der Waals surface area contributed by atoms with E-state index in [4.69, 9.17) is 16.7 Å². The van der Waals surface area contributed by atoms with Gasteiger partial charge >= 0.3 is 5.97 Å². The van der Waals surface area contributed by atoms with Crippen LogP contribution in [-0.2, 0) is 7.05 Å². The van der Waals surface area contributed by atoms with Gasteiger partial charge in [0.15, 0.2) is 17.2 Å². The van der Waals surface area contributed by atoms with Crippen molar-refractivity contribution in [1.82, 2.24) is 9.78 Å². The number of halogens is 1. The van der Waals surface area contributed by atoms with Crippen LogP contribution in [0, 0.1) is 0 Å². The molecule has 0 aliphatic carbocycles. The number of phenolic OH excluding ortho intramolecular Hbond substituents is 2. The molecule has 0 radical (unpaired) electrons. The van der Waals surface area contributed by atoms with Gasteiger partial charge in [0.05, 0.1) is 10.7 Å². The lowest BCUT2D eigenvalue weighted by atomic mass is 10.1. The highest BCUT2D eigenvalue weighted by Gasteiger charge is 2.18. The monoisotopic (exact) mass is 268 g/mol. The highest BCUT2D eigenvalue weighted by molar-refractivity contribution is 6.32. The third-order valence-corrected chi connectivity index (χ3v) is 2.78. The number of aromatic nitrogens is 2. The lowest BCUT2D eigenvalue weighted by molar-refractivity contribution is 0.0689. The lowest BCUT2D eigenvalue weighted by Gasteiger charge is -2.07. The molecule has 0 unspecified atom stereocenters. The molecule has 0 saturated heterocycles. The Balaban J connectivity index is 2.62. The number of carboxylic acid groups (broad SMARTS) is 1. The van der Waals surface area contributed by atoms with E-state index in [2.05, 4.69) is 5.10 Å². The predicted molar refractivity (Wildman–Crippen MR) is 63.9 cm³/mol. The minimum Gasteiger partial charge on any atom is -0.504 e. The molecular formula is C11H9ClN2O4. The van der Waals surface area contributed by atoms with Crippen LogP contribution in [0.5, 0.6) is 11.5 Å². The molecule has 0 bridgehead atoms. The predicted octanol–water partition coefficient (Wildman–Crippen LogP) is 1.85. The molecule has 0 aliphatic rings. The summed E-state index contributed by atoms with van der Waals surface area (Å²) in [5, 5.41) is 31.9. The molecule has 0 saturated carbocycles. The van der Waals surface area contributed by atoms with Crippen LogP contribution in [0.15, 0.2) is 18.2 Å². The molecule has 1 aromatic carbocycles. The number of phenols is 2. The Bertz CT molecular complexity index is 636. The maximum absolute atomic E-state index is 10.8. The van der Waals surface area contributed by atoms with E-state index in [-0.39, 0.29) is 16.3 Å². The number of hydrogen-bond acceptors (Lipinski definition) is 4. The summed E-state index contributed by atoms with van der Waals surface area (Å²) in [6.45, 7) is 0. The first kappa shape index (κ1) is 12.3. The van der Waals surface area contributed by atoms with Crippen LogP contribution < -0.4 is 0 Å². The summed E-state index contributed by atoms with van der Waals surface area (Å²) in [5.74, 6) is -2.04. The summed E-state index contributed by atoms with van der Waals surface area (Å²) in [5.41, 5.74) is 0.456. The molecule has 2 rings (SSSR count). The second-order valence-electron chi connectivity index (χ2n) is 3.64. The summed E-state index contributed by atoms with van der Waals surface area (Å²) in [7, 11) is 1.53. The van der Waals surface area contributed by atoms with E-state index in [9.17, 15) is 15.0 Å². The molecule has 3 N–H and O–H groups in total. The molecule has 1 heterocycles. The van der Waals surface area contributed by atoms with Crippen molar-refractivity contribution >= 4 is 17.6 Å². The quantitative estimate of drug-likeness (QED) is 0.723. The van der Waals surface area contributed by atoms with E-state index >= 15 is 0 Å². The van der Waals surface area contributed by atoms with E-state index in [1.807, 2.05) is 0 Å². The fourth-order valence-electron chi connectivity index (χ4n) is 1.59. The number of aryl methyl sites for hydroxylation is 1. The topological polar surface area (TPSA) is 95.6 Å². The highest BCUT2D eigenvalue weighted by Crippen LogP contribution is 2.40. The lowest BCUT2D eigenvalue weighted by Crippen LogP contribution is -1.99. The summed E-state index contributed by atoms with van der Waals surface area (Å²) in [6, 6.07) is 4.17. The van der Waals surface area contributed by atoms with Crippen LogP contribution in [0.4, 0.5) is 0 Å². The Morgan fingerprint density at radius 2 is 2.00 bits per heavy atom. The van der Waals surface area contributed by atoms with Crippen LogP contribution >= 0.6 is 11.6 Å². The Kier molecular flexibility index (Phi) is 2.88. The van der Waals surface area contributed by atoms with Crippen molar-refractivity contribution in [3.05, 3.63) is 28.9 Å². The minimum absolute atomic E-state index is 0.0110. The van der Waals surface area contributed by atoms with Gasteiger partial charge in [-0.3, -0.25) is 4.68 Å². The number of aromatic carboxylic acids is 1. The maximum Gasteiger partial charge on any atom is 0.356 e. The molecule has 1 aromatic heterocycles. The SMILES string of the molecule is Cn1nc(C(=O)O)cc1-c1ccc(Cl)c(O)c1O. The van der Waals surface area contributed by atoms with Gasteiger partial charge in [-0.1, -0.05) is 11.6 Å². The average molecular weight is 269 g/mol. The maximum atomic E-state index is 10.8. The molecule has 18 heavy (non-hydrogen) atoms. The van der Waals surface area contributed by atoms with E-state index in [0.717, 1.165) is 0 Å². The van der Waals surface area contributed by atoms with Crippen molar-refractivity contribution in [3.63, 3.8) is 0 Å². The zero-order valence-electron chi connectivity index (χ0n) is 9.25. The summed E-state index contributed by atoms with van der Waals surface area (Å²) < 4.78 is 1.30. The second kappa shape index (κ2) is 4.23. The molecule has 0 amide bonds. The molecule has 2 aromatic rings. The Labute approximate surface area is 107 Å². The van der Waals surface area contributed by atoms with Crippen LogP contribution in [0.3, 0.4) is 0 Å². The smallest absolute Gasteiger partial charge is 0.356 e. The van der Waals surface area contributed by atoms with Gasteiger partial charge in [0, 0.05) is 12.6 Å². The first-order chi connectivity index (χ1) is 8.41. The summed E-state index contributed by atoms with van der Waals surface area (Å²) in [4.78, 5) is 10.8. The third-order valence-electron chi connectivity index (χ3n) is 2.48. The van der Waals surface area contributed by atoms with Crippen LogP contribution in [0.2, 0.25) is 5.02 Å². The van der Waals surface area contributed by atoms with Gasteiger partial charge < -0.3 is 15.3 Å². The number of rotatable bonds is 2. The van der Waals surface area contributed by atoms with Crippen LogP contribution in [0.25, 0.3) is 11.3 Å². The van der Waals surface area contributed by atoms with E-state index in [1.165, 1.54) is 29.9 Å². The zero-order valence-corrected chi connectivity index (χ0v) is 10.0. The van der Waals surface area contributed by atoms with Crippen molar-refractivity contribution in [2.75, 3.05) is 0 Å². The second-order valence-corrected chi connectivity index (χ2v) is 4.04. The third kappa shape index (κ3) is 1.86. The van der Waals surface area contributed by atoms with Gasteiger partial charge in [-0.05, 0) is 18.2 Å². The van der Waals surface area contributed by atoms with Gasteiger partial charge in [-0.15, -0.1) is 0 Å². The van der Waals surface area contributed by atoms with Crippen molar-refractivity contribution in [2.45, 2.75) is 0 Å². The van der Waals surface area contributed by atoms with Gasteiger partial charge in [-0.2, -0.15) is 5.10 Å². The largest absolute Gasteiger partial charge is 0.504 e. The van der Waals surface area contributed by atoms with E-state index < -0.39 is 17.5 Å². The molecule has 7 heteroatoms. The van der Waals surface area contributed by atoms with Crippen LogP contribution in [0.1, 0.15) is 10.5 Å². The normalized spacial score (nSPS) is 10.6. The number of aromatic hydroxyl groups is 2. The number of hydrogen-bond donors (Lipinski definition) is 3. The molecule has 0 spiro atoms. The highest BCUT2D eigenvalue weighted by atomic mass is 35.5. The van der Waals surface area contributed by atoms with Gasteiger partial charge in [0.2, 0.25) is 0 Å². The fraction of sp³-hybridized carbons (Fsp3) is 0.0909. The number of carbonyl (C=O) groups is 1. The zero-order chi connectivity index (χ0) is 13.4. The molecular weight excluding hydrogens is 260 g/mol. The first-order valence-corrected chi connectivity index (χ1v) is 5.27. The number of benzene rings is 1. The first-order valence-electron chi connectivity index (χ1n) is 4.90. The van der Waals surface area contributed by atoms with Gasteiger partial charge in [-0.25, -0.2) is 4.79 Å². The number of nitrogens with zero attached hydrogens (tertiary/aromatic N) is 2. The molecule has 94 valence electrons. The van der Waals surface area contributed by atoms with Crippen LogP contribution in [-0.4, -0.2) is 31.1 Å². The molecule has 0 atom stereocenters. The van der Waals surface area contributed by atoms with Crippen molar-refractivity contribution in [2.24, 2.45) is 7.05 Å². The average Bonchev–Trinajstić information content (AvgIpc) is 2.69. The Hall–Kier alpha value is -2.21. The van der Waals surface area contributed by atoms with Crippen molar-refractivity contribution in [1.29, 1.82) is 0 Å². The minimum atomic E-state index is -1.17. The summed E-state index contributed by atoms with van der Waals surface area (Å²) >= 11 is 5.64. The Morgan fingerprint density at radius 1 is 1.33 bits per heavy atom. The molecule has 6 nitrogen and oxygen atoms in total. The van der Waals surface area contributed by atoms with Crippen molar-refractivity contribution in [3.8, 4) is 22.8 Å². The summed E-state index contributed by atoms with van der Waals surface area (Å²) in [6.07, 6.45) is 0. The fourth-order valence-corrected chi connectivity index (χ4v) is 1.74.